The zero-order valence-corrected chi connectivity index (χ0v) is 13.5. The number of aliphatic hydroxyl groups excluding tert-OH is 1. The van der Waals surface area contributed by atoms with E-state index in [9.17, 15) is 0 Å². The molecule has 0 amide bonds. The molecule has 6 heteroatoms. The van der Waals surface area contributed by atoms with Crippen molar-refractivity contribution in [1.29, 1.82) is 0 Å². The van der Waals surface area contributed by atoms with Gasteiger partial charge < -0.3 is 20.9 Å². The molecule has 2 atom stereocenters. The summed E-state index contributed by atoms with van der Waals surface area (Å²) in [6.45, 7) is 1.97. The van der Waals surface area contributed by atoms with Gasteiger partial charge in [0.15, 0.2) is 0 Å². The summed E-state index contributed by atoms with van der Waals surface area (Å²) in [4.78, 5) is 0. The Kier molecular flexibility index (Phi) is 33.2. The van der Waals surface area contributed by atoms with Gasteiger partial charge in [0.25, 0.3) is 0 Å². The Hall–Kier alpha value is 2.88. The van der Waals surface area contributed by atoms with Gasteiger partial charge in [-0.25, -0.2) is 0 Å². The summed E-state index contributed by atoms with van der Waals surface area (Å²) in [6, 6.07) is -0.264. The first-order chi connectivity index (χ1) is 3.18. The molecule has 10 heavy (non-hydrogen) atoms. The van der Waals surface area contributed by atoms with Crippen LogP contribution in [0.5, 0.6) is 0 Å². The van der Waals surface area contributed by atoms with Crippen LogP contribution in [0.1, 0.15) is 11.2 Å². The fourth-order valence-corrected chi connectivity index (χ4v) is 0.197. The molecule has 0 aromatic carbocycles. The predicted octanol–water partition coefficient (Wildman–Crippen LogP) is -10.00. The molecule has 0 spiro atoms. The molecule has 0 rings (SSSR count). The van der Waals surface area contributed by atoms with Crippen LogP contribution in [0.3, 0.4) is 0 Å². The smallest absolute Gasteiger partial charge is 1.00 e. The molecule has 2 unspecified atom stereocenters. The monoisotopic (exact) mass is 176 g/mol. The quantitative estimate of drug-likeness (QED) is 0.366. The Morgan fingerprint density at radius 1 is 1.40 bits per heavy atom. The standard InChI is InChI=1S/C4H12N2O.3Na.3H/c1-3(7)4(6)2-5;;;;;;/h3-4,7H,2,5-6H2,1H3;;;;;;/q;3*+1;3*-1. The van der Waals surface area contributed by atoms with Gasteiger partial charge in [-0.05, 0) is 6.92 Å². The van der Waals surface area contributed by atoms with Crippen LogP contribution in [0.15, 0.2) is 0 Å². The normalized spacial score (nSPS) is 13.2. The van der Waals surface area contributed by atoms with Crippen molar-refractivity contribution in [3.63, 3.8) is 0 Å². The molecule has 0 aliphatic carbocycles. The third-order valence-corrected chi connectivity index (χ3v) is 0.892. The second-order valence-corrected chi connectivity index (χ2v) is 1.64. The first-order valence-corrected chi connectivity index (χ1v) is 2.32. The largest absolute Gasteiger partial charge is 1.00 e. The maximum Gasteiger partial charge on any atom is 1.00 e. The fraction of sp³-hybridized carbons (Fsp3) is 1.00. The van der Waals surface area contributed by atoms with Gasteiger partial charge in [0.2, 0.25) is 0 Å². The van der Waals surface area contributed by atoms with E-state index in [1.165, 1.54) is 0 Å². The number of rotatable bonds is 2. The fourth-order valence-electron chi connectivity index (χ4n) is 0.197. The number of hydrogen-bond donors (Lipinski definition) is 3. The van der Waals surface area contributed by atoms with Crippen LogP contribution in [0.25, 0.3) is 0 Å². The van der Waals surface area contributed by atoms with Crippen LogP contribution in [-0.2, 0) is 0 Å². The van der Waals surface area contributed by atoms with Gasteiger partial charge in [-0.1, -0.05) is 0 Å². The molecule has 0 fully saturated rings. The first kappa shape index (κ1) is 23.1. The molecular weight excluding hydrogens is 161 g/mol. The van der Waals surface area contributed by atoms with Gasteiger partial charge >= 0.3 is 88.7 Å². The molecular formula is C4H15N2Na3O. The number of aliphatic hydroxyl groups is 1. The molecule has 0 saturated carbocycles. The Labute approximate surface area is 133 Å². The van der Waals surface area contributed by atoms with Crippen LogP contribution in [0.4, 0.5) is 0 Å². The molecule has 5 N–H and O–H groups in total. The van der Waals surface area contributed by atoms with Gasteiger partial charge in [-0.3, -0.25) is 0 Å². The van der Waals surface area contributed by atoms with E-state index in [0.717, 1.165) is 0 Å². The summed E-state index contributed by atoms with van der Waals surface area (Å²) in [5.74, 6) is 0. The van der Waals surface area contributed by atoms with Crippen LogP contribution in [0, 0.1) is 0 Å². The summed E-state index contributed by atoms with van der Waals surface area (Å²) >= 11 is 0. The van der Waals surface area contributed by atoms with E-state index in [0.29, 0.717) is 6.54 Å². The minimum Gasteiger partial charge on any atom is -1.00 e. The molecule has 0 aromatic heterocycles. The number of nitrogens with two attached hydrogens (primary N) is 2. The van der Waals surface area contributed by atoms with E-state index >= 15 is 0 Å². The average Bonchev–Trinajstić information content (AvgIpc) is 1.65. The van der Waals surface area contributed by atoms with Gasteiger partial charge in [0.1, 0.15) is 0 Å². The van der Waals surface area contributed by atoms with Crippen LogP contribution < -0.4 is 100 Å². The van der Waals surface area contributed by atoms with Crippen LogP contribution >= 0.6 is 0 Å². The molecule has 3 nitrogen and oxygen atoms in total. The molecule has 0 radical (unpaired) electrons. The van der Waals surface area contributed by atoms with Gasteiger partial charge in [0, 0.05) is 12.6 Å². The Balaban J connectivity index is -0.0000000120. The summed E-state index contributed by atoms with van der Waals surface area (Å²) in [5, 5.41) is 8.62. The zero-order valence-electron chi connectivity index (χ0n) is 10.5. The van der Waals surface area contributed by atoms with Crippen molar-refractivity contribution in [2.24, 2.45) is 11.5 Å². The third kappa shape index (κ3) is 13.5. The van der Waals surface area contributed by atoms with Crippen molar-refractivity contribution < 1.29 is 98.1 Å². The van der Waals surface area contributed by atoms with Crippen LogP contribution in [-0.4, -0.2) is 23.8 Å². The molecule has 0 aliphatic rings. The minimum absolute atomic E-state index is 0. The second kappa shape index (κ2) is 14.4. The van der Waals surface area contributed by atoms with E-state index in [-0.39, 0.29) is 99.0 Å². The van der Waals surface area contributed by atoms with Crippen molar-refractivity contribution >= 4 is 0 Å². The molecule has 0 saturated heterocycles. The van der Waals surface area contributed by atoms with Crippen molar-refractivity contribution in [1.82, 2.24) is 0 Å². The SMILES string of the molecule is CC(O)C(N)CN.[H-].[H-].[H-].[Na+].[Na+].[Na+]. The van der Waals surface area contributed by atoms with Crippen molar-refractivity contribution in [2.45, 2.75) is 19.1 Å². The zero-order chi connectivity index (χ0) is 5.86. The summed E-state index contributed by atoms with van der Waals surface area (Å²) in [5.41, 5.74) is 10.3. The minimum atomic E-state index is -0.481. The van der Waals surface area contributed by atoms with Gasteiger partial charge in [-0.15, -0.1) is 0 Å². The topological polar surface area (TPSA) is 72.3 Å². The van der Waals surface area contributed by atoms with Crippen LogP contribution in [0.2, 0.25) is 0 Å². The average molecular weight is 176 g/mol. The van der Waals surface area contributed by atoms with Gasteiger partial charge in [-0.2, -0.15) is 0 Å². The van der Waals surface area contributed by atoms with Crippen molar-refractivity contribution in [2.75, 3.05) is 6.54 Å². The maximum absolute atomic E-state index is 8.62. The van der Waals surface area contributed by atoms with Crippen molar-refractivity contribution in [3.05, 3.63) is 0 Å². The molecule has 0 heterocycles. The molecule has 0 aromatic rings. The number of hydrogen-bond acceptors (Lipinski definition) is 3. The Morgan fingerprint density at radius 3 is 1.70 bits per heavy atom. The van der Waals surface area contributed by atoms with E-state index in [2.05, 4.69) is 0 Å². The molecule has 0 bridgehead atoms. The Bertz CT molecular complexity index is 65.9. The third-order valence-electron chi connectivity index (χ3n) is 0.892. The van der Waals surface area contributed by atoms with E-state index in [1.54, 1.807) is 6.92 Å². The van der Waals surface area contributed by atoms with E-state index < -0.39 is 6.10 Å². The summed E-state index contributed by atoms with van der Waals surface area (Å²) in [6.07, 6.45) is -0.481. The predicted molar refractivity (Wildman–Crippen MR) is 32.0 cm³/mol. The van der Waals surface area contributed by atoms with E-state index in [1.807, 2.05) is 0 Å². The van der Waals surface area contributed by atoms with E-state index in [4.69, 9.17) is 16.6 Å². The second-order valence-electron chi connectivity index (χ2n) is 1.64. The van der Waals surface area contributed by atoms with Gasteiger partial charge in [0.05, 0.1) is 6.10 Å². The summed E-state index contributed by atoms with van der Waals surface area (Å²) < 4.78 is 0. The Morgan fingerprint density at radius 2 is 1.70 bits per heavy atom. The molecule has 50 valence electrons. The summed E-state index contributed by atoms with van der Waals surface area (Å²) in [7, 11) is 0. The maximum atomic E-state index is 8.62. The first-order valence-electron chi connectivity index (χ1n) is 2.32. The van der Waals surface area contributed by atoms with Crippen molar-refractivity contribution in [3.8, 4) is 0 Å². The molecule has 0 aliphatic heterocycles.